The molecule has 0 amide bonds. The lowest BCUT2D eigenvalue weighted by molar-refractivity contribution is 0.112. The highest BCUT2D eigenvalue weighted by atomic mass is 35.5. The van der Waals surface area contributed by atoms with E-state index in [0.717, 1.165) is 16.5 Å². The minimum atomic E-state index is -0.303. The molecular formula is C12H10ClNO2. The van der Waals surface area contributed by atoms with Crippen LogP contribution in [0.1, 0.15) is 15.9 Å². The summed E-state index contributed by atoms with van der Waals surface area (Å²) in [5.74, 6) is 0. The molecule has 16 heavy (non-hydrogen) atoms. The van der Waals surface area contributed by atoms with Gasteiger partial charge in [-0.2, -0.15) is 0 Å². The maximum absolute atomic E-state index is 11.7. The second-order valence-corrected chi connectivity index (χ2v) is 4.15. The molecule has 2 rings (SSSR count). The van der Waals surface area contributed by atoms with Crippen LogP contribution in [-0.2, 0) is 7.05 Å². The number of fused-ring (bicyclic) bond motifs is 1. The van der Waals surface area contributed by atoms with E-state index in [1.54, 1.807) is 19.2 Å². The van der Waals surface area contributed by atoms with Gasteiger partial charge in [-0.05, 0) is 36.1 Å². The Morgan fingerprint density at radius 1 is 1.31 bits per heavy atom. The lowest BCUT2D eigenvalue weighted by Gasteiger charge is -2.08. The van der Waals surface area contributed by atoms with Gasteiger partial charge >= 0.3 is 0 Å². The summed E-state index contributed by atoms with van der Waals surface area (Å²) in [4.78, 5) is 22.4. The first-order valence-electron chi connectivity index (χ1n) is 4.79. The van der Waals surface area contributed by atoms with Gasteiger partial charge in [-0.15, -0.1) is 0 Å². The molecular weight excluding hydrogens is 226 g/mol. The van der Waals surface area contributed by atoms with Gasteiger partial charge in [-0.1, -0.05) is 11.6 Å². The highest BCUT2D eigenvalue weighted by molar-refractivity contribution is 6.32. The SMILES string of the molecule is Cc1cc2cc(C=O)c(=O)n(C)c2cc1Cl. The summed E-state index contributed by atoms with van der Waals surface area (Å²) in [5, 5.41) is 1.45. The van der Waals surface area contributed by atoms with Crippen LogP contribution in [0.2, 0.25) is 5.02 Å². The van der Waals surface area contributed by atoms with Gasteiger partial charge in [0.2, 0.25) is 0 Å². The molecule has 0 unspecified atom stereocenters. The molecule has 2 aromatic rings. The molecule has 1 heterocycles. The molecule has 82 valence electrons. The molecule has 0 saturated carbocycles. The van der Waals surface area contributed by atoms with Crippen LogP contribution in [0.25, 0.3) is 10.9 Å². The van der Waals surface area contributed by atoms with Crippen molar-refractivity contribution >= 4 is 28.8 Å². The zero-order valence-electron chi connectivity index (χ0n) is 8.95. The second-order valence-electron chi connectivity index (χ2n) is 3.74. The molecule has 0 fully saturated rings. The van der Waals surface area contributed by atoms with E-state index in [4.69, 9.17) is 11.6 Å². The number of aldehydes is 1. The van der Waals surface area contributed by atoms with Crippen molar-refractivity contribution < 1.29 is 4.79 Å². The number of pyridine rings is 1. The number of aromatic nitrogens is 1. The highest BCUT2D eigenvalue weighted by Gasteiger charge is 2.07. The lowest BCUT2D eigenvalue weighted by Crippen LogP contribution is -2.20. The van der Waals surface area contributed by atoms with Gasteiger partial charge in [0.25, 0.3) is 5.56 Å². The number of aryl methyl sites for hydroxylation is 2. The highest BCUT2D eigenvalue weighted by Crippen LogP contribution is 2.22. The predicted octanol–water partition coefficient (Wildman–Crippen LogP) is 2.31. The molecule has 0 spiro atoms. The van der Waals surface area contributed by atoms with E-state index in [2.05, 4.69) is 0 Å². The molecule has 1 aromatic carbocycles. The average Bonchev–Trinajstić information content (AvgIpc) is 2.26. The van der Waals surface area contributed by atoms with E-state index in [9.17, 15) is 9.59 Å². The monoisotopic (exact) mass is 235 g/mol. The van der Waals surface area contributed by atoms with E-state index in [-0.39, 0.29) is 11.1 Å². The lowest BCUT2D eigenvalue weighted by atomic mass is 10.1. The first-order valence-corrected chi connectivity index (χ1v) is 5.17. The third-order valence-electron chi connectivity index (χ3n) is 2.66. The number of benzene rings is 1. The molecule has 4 heteroatoms. The van der Waals surface area contributed by atoms with Crippen molar-refractivity contribution in [1.29, 1.82) is 0 Å². The quantitative estimate of drug-likeness (QED) is 0.712. The third-order valence-corrected chi connectivity index (χ3v) is 3.07. The third kappa shape index (κ3) is 1.53. The van der Waals surface area contributed by atoms with Gasteiger partial charge in [0.1, 0.15) is 0 Å². The molecule has 0 radical (unpaired) electrons. The molecule has 0 bridgehead atoms. The molecule has 0 aliphatic carbocycles. The topological polar surface area (TPSA) is 39.1 Å². The van der Waals surface area contributed by atoms with Gasteiger partial charge in [0.05, 0.1) is 11.1 Å². The summed E-state index contributed by atoms with van der Waals surface area (Å²) in [5.41, 5.74) is 1.51. The molecule has 0 saturated heterocycles. The standard InChI is InChI=1S/C12H10ClNO2/c1-7-3-8-4-9(6-15)12(16)14(2)11(8)5-10(7)13/h3-6H,1-2H3. The summed E-state index contributed by atoms with van der Waals surface area (Å²) in [6, 6.07) is 5.19. The summed E-state index contributed by atoms with van der Waals surface area (Å²) in [6.45, 7) is 1.88. The van der Waals surface area contributed by atoms with Gasteiger partial charge in [0.15, 0.2) is 6.29 Å². The van der Waals surface area contributed by atoms with Gasteiger partial charge in [0, 0.05) is 12.1 Å². The van der Waals surface area contributed by atoms with Crippen molar-refractivity contribution in [2.45, 2.75) is 6.92 Å². The predicted molar refractivity (Wildman–Crippen MR) is 64.3 cm³/mol. The minimum Gasteiger partial charge on any atom is -0.311 e. The maximum atomic E-state index is 11.7. The number of halogens is 1. The molecule has 0 aliphatic heterocycles. The Morgan fingerprint density at radius 2 is 2.00 bits per heavy atom. The van der Waals surface area contributed by atoms with E-state index in [1.807, 2.05) is 13.0 Å². The summed E-state index contributed by atoms with van der Waals surface area (Å²) in [7, 11) is 1.63. The largest absolute Gasteiger partial charge is 0.311 e. The van der Waals surface area contributed by atoms with Crippen LogP contribution in [0.3, 0.4) is 0 Å². The Hall–Kier alpha value is -1.61. The zero-order valence-corrected chi connectivity index (χ0v) is 9.71. The first kappa shape index (κ1) is 10.9. The molecule has 0 aliphatic rings. The second kappa shape index (κ2) is 3.76. The maximum Gasteiger partial charge on any atom is 0.261 e. The summed E-state index contributed by atoms with van der Waals surface area (Å²) in [6.07, 6.45) is 0.575. The van der Waals surface area contributed by atoms with Crippen molar-refractivity contribution in [3.63, 3.8) is 0 Å². The van der Waals surface area contributed by atoms with Crippen molar-refractivity contribution in [1.82, 2.24) is 4.57 Å². The van der Waals surface area contributed by atoms with Crippen molar-refractivity contribution in [2.75, 3.05) is 0 Å². The Morgan fingerprint density at radius 3 is 2.62 bits per heavy atom. The Bertz CT molecular complexity index is 643. The fraction of sp³-hybridized carbons (Fsp3) is 0.167. The molecule has 3 nitrogen and oxygen atoms in total. The van der Waals surface area contributed by atoms with Crippen LogP contribution in [0.15, 0.2) is 23.0 Å². The van der Waals surface area contributed by atoms with Gasteiger partial charge in [-0.3, -0.25) is 9.59 Å². The van der Waals surface area contributed by atoms with E-state index >= 15 is 0 Å². The van der Waals surface area contributed by atoms with Crippen molar-refractivity contribution in [3.05, 3.63) is 44.7 Å². The van der Waals surface area contributed by atoms with Crippen LogP contribution >= 0.6 is 11.6 Å². The smallest absolute Gasteiger partial charge is 0.261 e. The van der Waals surface area contributed by atoms with Crippen LogP contribution in [0.5, 0.6) is 0 Å². The van der Waals surface area contributed by atoms with Crippen molar-refractivity contribution in [3.8, 4) is 0 Å². The minimum absolute atomic E-state index is 0.164. The zero-order chi connectivity index (χ0) is 11.9. The molecule has 0 N–H and O–H groups in total. The fourth-order valence-corrected chi connectivity index (χ4v) is 1.87. The Labute approximate surface area is 97.3 Å². The van der Waals surface area contributed by atoms with Gasteiger partial charge in [-0.25, -0.2) is 0 Å². The van der Waals surface area contributed by atoms with Crippen LogP contribution in [0.4, 0.5) is 0 Å². The van der Waals surface area contributed by atoms with E-state index < -0.39 is 0 Å². The number of carbonyl (C=O) groups excluding carboxylic acids is 1. The fourth-order valence-electron chi connectivity index (χ4n) is 1.72. The van der Waals surface area contributed by atoms with E-state index in [0.29, 0.717) is 11.3 Å². The Balaban J connectivity index is 2.98. The van der Waals surface area contributed by atoms with Gasteiger partial charge < -0.3 is 4.57 Å². The number of hydrogen-bond donors (Lipinski definition) is 0. The van der Waals surface area contributed by atoms with E-state index in [1.165, 1.54) is 4.57 Å². The average molecular weight is 236 g/mol. The number of hydrogen-bond acceptors (Lipinski definition) is 2. The van der Waals surface area contributed by atoms with Crippen molar-refractivity contribution in [2.24, 2.45) is 7.05 Å². The van der Waals surface area contributed by atoms with Crippen LogP contribution in [0, 0.1) is 6.92 Å². The Kier molecular flexibility index (Phi) is 2.56. The van der Waals surface area contributed by atoms with Crippen LogP contribution < -0.4 is 5.56 Å². The number of carbonyl (C=O) groups is 1. The molecule has 0 atom stereocenters. The molecule has 1 aromatic heterocycles. The number of nitrogens with zero attached hydrogens (tertiary/aromatic N) is 1. The van der Waals surface area contributed by atoms with Crippen LogP contribution in [-0.4, -0.2) is 10.9 Å². The summed E-state index contributed by atoms with van der Waals surface area (Å²) < 4.78 is 1.43. The normalized spacial score (nSPS) is 10.7. The first-order chi connectivity index (χ1) is 7.54. The summed E-state index contributed by atoms with van der Waals surface area (Å²) >= 11 is 6.00. The number of rotatable bonds is 1.